The molecule has 0 unspecified atom stereocenters. The monoisotopic (exact) mass is 262 g/mol. The summed E-state index contributed by atoms with van der Waals surface area (Å²) >= 11 is 1.63. The quantitative estimate of drug-likeness (QED) is 0.793. The molecule has 3 rings (SSSR count). The van der Waals surface area contributed by atoms with Crippen LogP contribution in [0.1, 0.15) is 0 Å². The Labute approximate surface area is 110 Å². The summed E-state index contributed by atoms with van der Waals surface area (Å²) in [5, 5.41) is 9.40. The zero-order chi connectivity index (χ0) is 12.5. The molecule has 5 nitrogen and oxygen atoms in total. The Hall–Kier alpha value is -1.69. The first-order chi connectivity index (χ1) is 8.83. The Balaban J connectivity index is 1.93. The average molecular weight is 262 g/mol. The van der Waals surface area contributed by atoms with Crippen molar-refractivity contribution >= 4 is 23.4 Å². The van der Waals surface area contributed by atoms with E-state index in [2.05, 4.69) is 19.7 Å². The molecule has 0 saturated heterocycles. The second-order valence-electron chi connectivity index (χ2n) is 3.99. The lowest BCUT2D eigenvalue weighted by molar-refractivity contribution is 0.415. The number of methoxy groups -OCH3 is 1. The number of hydrogen-bond donors (Lipinski definition) is 0. The van der Waals surface area contributed by atoms with E-state index < -0.39 is 0 Å². The van der Waals surface area contributed by atoms with Crippen molar-refractivity contribution in [3.8, 4) is 5.75 Å². The lowest BCUT2D eigenvalue weighted by Crippen LogP contribution is -2.14. The molecule has 0 bridgehead atoms. The van der Waals surface area contributed by atoms with Gasteiger partial charge in [-0.2, -0.15) is 0 Å². The lowest BCUT2D eigenvalue weighted by Gasteiger charge is -2.15. The van der Waals surface area contributed by atoms with Gasteiger partial charge < -0.3 is 9.64 Å². The maximum Gasteiger partial charge on any atom is 0.232 e. The predicted octanol–water partition coefficient (Wildman–Crippen LogP) is 2.16. The van der Waals surface area contributed by atoms with E-state index in [0.29, 0.717) is 0 Å². The van der Waals surface area contributed by atoms with Gasteiger partial charge in [0.05, 0.1) is 7.11 Å². The van der Waals surface area contributed by atoms with Gasteiger partial charge in [-0.15, -0.1) is 10.2 Å². The summed E-state index contributed by atoms with van der Waals surface area (Å²) in [5.74, 6) is 1.79. The summed E-state index contributed by atoms with van der Waals surface area (Å²) in [7, 11) is 1.67. The van der Waals surface area contributed by atoms with E-state index in [1.165, 1.54) is 0 Å². The normalized spacial score (nSPS) is 13.8. The van der Waals surface area contributed by atoms with Crippen molar-refractivity contribution in [2.75, 3.05) is 24.8 Å². The number of benzene rings is 1. The Morgan fingerprint density at radius 3 is 2.61 bits per heavy atom. The molecule has 18 heavy (non-hydrogen) atoms. The minimum atomic E-state index is 0.865. The fourth-order valence-corrected chi connectivity index (χ4v) is 2.65. The van der Waals surface area contributed by atoms with Crippen LogP contribution in [0.4, 0.5) is 11.6 Å². The summed E-state index contributed by atoms with van der Waals surface area (Å²) in [6, 6.07) is 8.01. The molecule has 0 fully saturated rings. The van der Waals surface area contributed by atoms with Gasteiger partial charge in [0.25, 0.3) is 0 Å². The van der Waals surface area contributed by atoms with Crippen LogP contribution < -0.4 is 9.64 Å². The molecule has 6 heteroatoms. The van der Waals surface area contributed by atoms with Gasteiger partial charge >= 0.3 is 0 Å². The van der Waals surface area contributed by atoms with E-state index in [9.17, 15) is 0 Å². The molecule has 0 amide bonds. The third-order valence-corrected chi connectivity index (χ3v) is 3.72. The van der Waals surface area contributed by atoms with Gasteiger partial charge in [0, 0.05) is 18.8 Å². The van der Waals surface area contributed by atoms with Gasteiger partial charge in [0.2, 0.25) is 5.95 Å². The Kier molecular flexibility index (Phi) is 2.87. The SMILES string of the molecule is COc1ccc(N2CCn3c(SC)nnc32)cc1. The number of fused-ring (bicyclic) bond motifs is 1. The van der Waals surface area contributed by atoms with Crippen LogP contribution in [-0.2, 0) is 6.54 Å². The number of ether oxygens (including phenoxy) is 1. The van der Waals surface area contributed by atoms with Gasteiger partial charge in [-0.3, -0.25) is 4.57 Å². The molecule has 2 aromatic rings. The summed E-state index contributed by atoms with van der Waals surface area (Å²) in [4.78, 5) is 2.17. The van der Waals surface area contributed by atoms with Crippen molar-refractivity contribution in [2.45, 2.75) is 11.7 Å². The molecular formula is C12H14N4OS. The first kappa shape index (κ1) is 11.4. The van der Waals surface area contributed by atoms with Crippen LogP contribution in [0.15, 0.2) is 29.4 Å². The van der Waals surface area contributed by atoms with E-state index in [-0.39, 0.29) is 0 Å². The first-order valence-corrected chi connectivity index (χ1v) is 6.94. The fourth-order valence-electron chi connectivity index (χ4n) is 2.13. The highest BCUT2D eigenvalue weighted by atomic mass is 32.2. The number of thioether (sulfide) groups is 1. The third-order valence-electron chi connectivity index (χ3n) is 3.05. The zero-order valence-electron chi connectivity index (χ0n) is 10.3. The van der Waals surface area contributed by atoms with Crippen LogP contribution in [0, 0.1) is 0 Å². The van der Waals surface area contributed by atoms with Crippen LogP contribution in [0.25, 0.3) is 0 Å². The molecule has 0 spiro atoms. The standard InChI is InChI=1S/C12H14N4OS/c1-17-10-5-3-9(4-6-10)15-7-8-16-11(15)13-14-12(16)18-2/h3-6H,7-8H2,1-2H3. The second-order valence-corrected chi connectivity index (χ2v) is 4.76. The van der Waals surface area contributed by atoms with Gasteiger partial charge in [0.15, 0.2) is 5.16 Å². The van der Waals surface area contributed by atoms with Crippen molar-refractivity contribution < 1.29 is 4.74 Å². The summed E-state index contributed by atoms with van der Waals surface area (Å²) < 4.78 is 7.32. The molecule has 0 aliphatic carbocycles. The maximum atomic E-state index is 5.17. The largest absolute Gasteiger partial charge is 0.497 e. The zero-order valence-corrected chi connectivity index (χ0v) is 11.1. The second kappa shape index (κ2) is 4.53. The molecule has 1 aliphatic rings. The van der Waals surface area contributed by atoms with Crippen molar-refractivity contribution in [1.29, 1.82) is 0 Å². The van der Waals surface area contributed by atoms with Gasteiger partial charge in [-0.1, -0.05) is 11.8 Å². The maximum absolute atomic E-state index is 5.17. The Morgan fingerprint density at radius 1 is 1.17 bits per heavy atom. The highest BCUT2D eigenvalue weighted by molar-refractivity contribution is 7.98. The van der Waals surface area contributed by atoms with Gasteiger partial charge in [0.1, 0.15) is 5.75 Å². The van der Waals surface area contributed by atoms with Crippen LogP contribution in [0.3, 0.4) is 0 Å². The van der Waals surface area contributed by atoms with Crippen LogP contribution >= 0.6 is 11.8 Å². The highest BCUT2D eigenvalue weighted by Crippen LogP contribution is 2.32. The number of hydrogen-bond acceptors (Lipinski definition) is 5. The molecule has 1 aromatic carbocycles. The van der Waals surface area contributed by atoms with Crippen molar-refractivity contribution in [1.82, 2.24) is 14.8 Å². The van der Waals surface area contributed by atoms with Crippen LogP contribution in [0.2, 0.25) is 0 Å². The summed E-state index contributed by atoms with van der Waals surface area (Å²) in [6.45, 7) is 1.87. The Bertz CT molecular complexity index is 552. The molecule has 0 N–H and O–H groups in total. The van der Waals surface area contributed by atoms with E-state index in [0.717, 1.165) is 35.6 Å². The molecule has 94 valence electrons. The van der Waals surface area contributed by atoms with E-state index in [1.807, 2.05) is 30.5 Å². The van der Waals surface area contributed by atoms with Crippen LogP contribution in [-0.4, -0.2) is 34.7 Å². The number of nitrogens with zero attached hydrogens (tertiary/aromatic N) is 4. The molecule has 2 heterocycles. The number of anilines is 2. The molecular weight excluding hydrogens is 248 g/mol. The fraction of sp³-hybridized carbons (Fsp3) is 0.333. The smallest absolute Gasteiger partial charge is 0.232 e. The number of rotatable bonds is 3. The minimum Gasteiger partial charge on any atom is -0.497 e. The molecule has 0 saturated carbocycles. The summed E-state index contributed by atoms with van der Waals surface area (Å²) in [6.07, 6.45) is 2.02. The van der Waals surface area contributed by atoms with Crippen molar-refractivity contribution in [2.24, 2.45) is 0 Å². The predicted molar refractivity (Wildman–Crippen MR) is 71.8 cm³/mol. The first-order valence-electron chi connectivity index (χ1n) is 5.72. The third kappa shape index (κ3) is 1.73. The topological polar surface area (TPSA) is 43.2 Å². The van der Waals surface area contributed by atoms with E-state index >= 15 is 0 Å². The summed E-state index contributed by atoms with van der Waals surface area (Å²) in [5.41, 5.74) is 1.12. The minimum absolute atomic E-state index is 0.865. The van der Waals surface area contributed by atoms with Gasteiger partial charge in [-0.05, 0) is 30.5 Å². The molecule has 0 atom stereocenters. The average Bonchev–Trinajstić information content (AvgIpc) is 2.99. The van der Waals surface area contributed by atoms with Crippen molar-refractivity contribution in [3.63, 3.8) is 0 Å². The number of aromatic nitrogens is 3. The van der Waals surface area contributed by atoms with E-state index in [4.69, 9.17) is 4.74 Å². The Morgan fingerprint density at radius 2 is 1.94 bits per heavy atom. The van der Waals surface area contributed by atoms with Crippen molar-refractivity contribution in [3.05, 3.63) is 24.3 Å². The molecule has 0 radical (unpaired) electrons. The highest BCUT2D eigenvalue weighted by Gasteiger charge is 2.25. The van der Waals surface area contributed by atoms with Gasteiger partial charge in [-0.25, -0.2) is 0 Å². The molecule has 1 aliphatic heterocycles. The molecule has 1 aromatic heterocycles. The van der Waals surface area contributed by atoms with Crippen LogP contribution in [0.5, 0.6) is 5.75 Å². The lowest BCUT2D eigenvalue weighted by atomic mass is 10.3. The van der Waals surface area contributed by atoms with E-state index in [1.54, 1.807) is 18.9 Å².